The highest BCUT2D eigenvalue weighted by atomic mass is 32.2. The van der Waals surface area contributed by atoms with Crippen LogP contribution in [-0.4, -0.2) is 26.2 Å². The van der Waals surface area contributed by atoms with E-state index >= 15 is 0 Å². The lowest BCUT2D eigenvalue weighted by Gasteiger charge is -2.20. The molecule has 2 aromatic carbocycles. The first-order valence-corrected chi connectivity index (χ1v) is 11.0. The fourth-order valence-electron chi connectivity index (χ4n) is 3.29. The zero-order valence-corrected chi connectivity index (χ0v) is 17.6. The first-order valence-electron chi connectivity index (χ1n) is 9.54. The zero-order valence-electron chi connectivity index (χ0n) is 16.8. The summed E-state index contributed by atoms with van der Waals surface area (Å²) >= 11 is 0. The van der Waals surface area contributed by atoms with Crippen molar-refractivity contribution in [1.82, 2.24) is 10.0 Å². The number of hydrogen-bond acceptors (Lipinski definition) is 4. The van der Waals surface area contributed by atoms with Crippen LogP contribution < -0.4 is 10.0 Å². The largest absolute Gasteiger partial charge is 0.348 e. The van der Waals surface area contributed by atoms with E-state index in [1.165, 1.54) is 12.1 Å². The van der Waals surface area contributed by atoms with Crippen molar-refractivity contribution in [1.29, 1.82) is 0 Å². The van der Waals surface area contributed by atoms with Crippen molar-refractivity contribution in [3.8, 4) is 0 Å². The van der Waals surface area contributed by atoms with Crippen LogP contribution in [0.2, 0.25) is 0 Å². The molecular weight excluding hydrogens is 412 g/mol. The summed E-state index contributed by atoms with van der Waals surface area (Å²) in [6, 6.07) is 7.93. The van der Waals surface area contributed by atoms with E-state index in [0.717, 1.165) is 12.1 Å². The van der Waals surface area contributed by atoms with E-state index in [4.69, 9.17) is 0 Å². The van der Waals surface area contributed by atoms with Gasteiger partial charge in [0.15, 0.2) is 0 Å². The fraction of sp³-hybridized carbons (Fsp3) is 0.333. The molecule has 0 radical (unpaired) electrons. The first kappa shape index (κ1) is 21.9. The molecule has 0 aromatic heterocycles. The maximum Gasteiger partial charge on any atom is 0.263 e. The quantitative estimate of drug-likeness (QED) is 0.730. The van der Waals surface area contributed by atoms with Gasteiger partial charge in [-0.3, -0.25) is 14.5 Å². The summed E-state index contributed by atoms with van der Waals surface area (Å²) < 4.78 is 54.2. The number of amidine groups is 1. The van der Waals surface area contributed by atoms with Crippen LogP contribution in [0.25, 0.3) is 0 Å². The van der Waals surface area contributed by atoms with E-state index in [1.807, 2.05) is 13.8 Å². The fourth-order valence-corrected chi connectivity index (χ4v) is 4.53. The number of nitrogens with one attached hydrogen (secondary N) is 2. The zero-order chi connectivity index (χ0) is 22.1. The Morgan fingerprint density at radius 2 is 1.83 bits per heavy atom. The van der Waals surface area contributed by atoms with Gasteiger partial charge in [0.2, 0.25) is 5.91 Å². The van der Waals surface area contributed by atoms with Crippen LogP contribution in [0.1, 0.15) is 44.4 Å². The second-order valence-corrected chi connectivity index (χ2v) is 9.27. The van der Waals surface area contributed by atoms with Crippen LogP contribution in [0.15, 0.2) is 52.4 Å². The molecule has 6 nitrogen and oxygen atoms in total. The minimum absolute atomic E-state index is 0.0937. The van der Waals surface area contributed by atoms with E-state index in [9.17, 15) is 22.0 Å². The van der Waals surface area contributed by atoms with Crippen molar-refractivity contribution in [2.45, 2.75) is 44.2 Å². The Morgan fingerprint density at radius 3 is 2.50 bits per heavy atom. The molecule has 1 aliphatic rings. The van der Waals surface area contributed by atoms with E-state index < -0.39 is 39.6 Å². The molecule has 0 bridgehead atoms. The smallest absolute Gasteiger partial charge is 0.263 e. The highest BCUT2D eigenvalue weighted by Gasteiger charge is 2.32. The van der Waals surface area contributed by atoms with Gasteiger partial charge in [-0.05, 0) is 37.5 Å². The number of carbonyl (C=O) groups excluding carboxylic acids is 1. The number of hydrogen-bond donors (Lipinski definition) is 2. The number of fused-ring (bicyclic) bond motifs is 1. The summed E-state index contributed by atoms with van der Waals surface area (Å²) in [6.45, 7) is 5.41. The molecule has 0 aliphatic carbocycles. The van der Waals surface area contributed by atoms with Gasteiger partial charge in [0, 0.05) is 17.2 Å². The van der Waals surface area contributed by atoms with E-state index in [2.05, 4.69) is 15.0 Å². The molecule has 1 heterocycles. The highest BCUT2D eigenvalue weighted by molar-refractivity contribution is 7.90. The standard InChI is InChI=1S/C21H23F2N3O3S/c1-12(2)10-18(21(27)24-13(3)15-9-8-14(22)11-17(15)23)25-20-16-6-4-5-7-19(16)30(28,29)26-20/h4-9,11-13,18H,10H2,1-3H3,(H,24,27)(H,25,26). The van der Waals surface area contributed by atoms with Gasteiger partial charge in [0.05, 0.1) is 10.9 Å². The Balaban J connectivity index is 1.88. The van der Waals surface area contributed by atoms with Gasteiger partial charge in [0.25, 0.3) is 10.0 Å². The molecular formula is C21H23F2N3O3S. The molecule has 2 atom stereocenters. The molecule has 2 aromatic rings. The number of aliphatic imine (C=N–C) groups is 1. The lowest BCUT2D eigenvalue weighted by molar-refractivity contribution is -0.123. The Hall–Kier alpha value is -2.81. The van der Waals surface area contributed by atoms with Crippen LogP contribution in [-0.2, 0) is 14.8 Å². The predicted molar refractivity (Wildman–Crippen MR) is 109 cm³/mol. The van der Waals surface area contributed by atoms with Gasteiger partial charge >= 0.3 is 0 Å². The second-order valence-electron chi connectivity index (χ2n) is 7.62. The van der Waals surface area contributed by atoms with Crippen LogP contribution in [0.5, 0.6) is 0 Å². The number of sulfonamides is 1. The van der Waals surface area contributed by atoms with E-state index in [1.54, 1.807) is 25.1 Å². The topological polar surface area (TPSA) is 87.6 Å². The van der Waals surface area contributed by atoms with Crippen molar-refractivity contribution in [2.75, 3.05) is 0 Å². The number of rotatable bonds is 6. The molecule has 2 unspecified atom stereocenters. The van der Waals surface area contributed by atoms with Crippen molar-refractivity contribution in [3.63, 3.8) is 0 Å². The van der Waals surface area contributed by atoms with Crippen LogP contribution >= 0.6 is 0 Å². The number of benzene rings is 2. The molecule has 160 valence electrons. The predicted octanol–water partition coefficient (Wildman–Crippen LogP) is 3.30. The molecule has 3 rings (SSSR count). The average Bonchev–Trinajstić information content (AvgIpc) is 2.91. The lowest BCUT2D eigenvalue weighted by Crippen LogP contribution is -2.38. The molecule has 1 amide bonds. The third-order valence-electron chi connectivity index (χ3n) is 4.73. The van der Waals surface area contributed by atoms with Crippen molar-refractivity contribution < 1.29 is 22.0 Å². The molecule has 0 spiro atoms. The molecule has 1 aliphatic heterocycles. The van der Waals surface area contributed by atoms with E-state index in [-0.39, 0.29) is 22.2 Å². The normalized spacial score (nSPS) is 18.0. The van der Waals surface area contributed by atoms with Gasteiger partial charge in [0.1, 0.15) is 23.5 Å². The number of carbonyl (C=O) groups is 1. The second kappa shape index (κ2) is 8.51. The minimum atomic E-state index is -3.73. The van der Waals surface area contributed by atoms with Gasteiger partial charge in [-0.25, -0.2) is 17.2 Å². The summed E-state index contributed by atoms with van der Waals surface area (Å²) in [6.07, 6.45) is 0.359. The third kappa shape index (κ3) is 4.67. The Bertz CT molecular complexity index is 1100. The van der Waals surface area contributed by atoms with Crippen LogP contribution in [0.4, 0.5) is 8.78 Å². The Kier molecular flexibility index (Phi) is 6.21. The molecule has 0 saturated carbocycles. The Morgan fingerprint density at radius 1 is 1.13 bits per heavy atom. The minimum Gasteiger partial charge on any atom is -0.348 e. The SMILES string of the molecule is CC(C)CC(N=C1NS(=O)(=O)c2ccccc21)C(=O)NC(C)c1ccc(F)cc1F. The van der Waals surface area contributed by atoms with Crippen molar-refractivity contribution in [3.05, 3.63) is 65.2 Å². The summed E-state index contributed by atoms with van der Waals surface area (Å²) in [5.74, 6) is -1.74. The van der Waals surface area contributed by atoms with Gasteiger partial charge in [-0.1, -0.05) is 32.0 Å². The number of halogens is 2. The maximum atomic E-state index is 14.0. The van der Waals surface area contributed by atoms with Crippen LogP contribution in [0, 0.1) is 17.6 Å². The molecule has 0 fully saturated rings. The summed E-state index contributed by atoms with van der Waals surface area (Å²) in [4.78, 5) is 17.4. The van der Waals surface area contributed by atoms with Gasteiger partial charge in [-0.2, -0.15) is 0 Å². The monoisotopic (exact) mass is 435 g/mol. The molecule has 30 heavy (non-hydrogen) atoms. The molecule has 9 heteroatoms. The maximum absolute atomic E-state index is 14.0. The average molecular weight is 435 g/mol. The van der Waals surface area contributed by atoms with Gasteiger partial charge in [-0.15, -0.1) is 0 Å². The summed E-state index contributed by atoms with van der Waals surface area (Å²) in [7, 11) is -3.73. The number of amides is 1. The number of nitrogens with zero attached hydrogens (tertiary/aromatic N) is 1. The van der Waals surface area contributed by atoms with Crippen molar-refractivity contribution in [2.24, 2.45) is 10.9 Å². The lowest BCUT2D eigenvalue weighted by atomic mass is 10.0. The van der Waals surface area contributed by atoms with Gasteiger partial charge < -0.3 is 5.32 Å². The van der Waals surface area contributed by atoms with Crippen LogP contribution in [0.3, 0.4) is 0 Å². The first-order chi connectivity index (χ1) is 14.1. The summed E-state index contributed by atoms with van der Waals surface area (Å²) in [5.41, 5.74) is 0.546. The van der Waals surface area contributed by atoms with E-state index in [0.29, 0.717) is 12.0 Å². The van der Waals surface area contributed by atoms with Crippen molar-refractivity contribution >= 4 is 21.8 Å². The highest BCUT2D eigenvalue weighted by Crippen LogP contribution is 2.24. The third-order valence-corrected chi connectivity index (χ3v) is 6.13. The molecule has 0 saturated heterocycles. The molecule has 2 N–H and O–H groups in total. The summed E-state index contributed by atoms with van der Waals surface area (Å²) in [5, 5.41) is 2.69. The Labute approximate surface area is 174 Å².